The van der Waals surface area contributed by atoms with Crippen molar-refractivity contribution in [1.29, 1.82) is 0 Å². The molecule has 9 heteroatoms. The van der Waals surface area contributed by atoms with Crippen molar-refractivity contribution in [3.8, 4) is 0 Å². The van der Waals surface area contributed by atoms with Crippen molar-refractivity contribution >= 4 is 15.7 Å². The van der Waals surface area contributed by atoms with Crippen LogP contribution in [0.15, 0.2) is 17.0 Å². The number of anilines is 1. The Kier molecular flexibility index (Phi) is 5.81. The van der Waals surface area contributed by atoms with Crippen molar-refractivity contribution in [3.05, 3.63) is 23.8 Å². The van der Waals surface area contributed by atoms with Gasteiger partial charge >= 0.3 is 0 Å². The zero-order valence-corrected chi connectivity index (χ0v) is 11.8. The summed E-state index contributed by atoms with van der Waals surface area (Å²) >= 11 is 0. The molecule has 0 aromatic heterocycles. The van der Waals surface area contributed by atoms with E-state index in [4.69, 9.17) is 15.2 Å². The molecule has 3 N–H and O–H groups in total. The third-order valence-electron chi connectivity index (χ3n) is 2.57. The first kappa shape index (κ1) is 16.8. The summed E-state index contributed by atoms with van der Waals surface area (Å²) in [6, 6.07) is 1.59. The fourth-order valence-corrected chi connectivity index (χ4v) is 2.59. The standard InChI is InChI=1S/C11H16F2N2O4S/c1-18-6-7(19-2)5-15-20(16,17)9-4-3-8(12)11(14)10(9)13/h3-4,7,15H,5-6,14H2,1-2H3. The molecule has 0 aliphatic rings. The second-order valence-electron chi connectivity index (χ2n) is 3.94. The highest BCUT2D eigenvalue weighted by atomic mass is 32.2. The number of rotatable bonds is 7. The molecule has 1 unspecified atom stereocenters. The van der Waals surface area contributed by atoms with Gasteiger partial charge in [-0.05, 0) is 12.1 Å². The molecular formula is C11H16F2N2O4S. The number of hydrogen-bond donors (Lipinski definition) is 2. The molecule has 20 heavy (non-hydrogen) atoms. The van der Waals surface area contributed by atoms with Crippen LogP contribution in [0.3, 0.4) is 0 Å². The van der Waals surface area contributed by atoms with Gasteiger partial charge in [0, 0.05) is 20.8 Å². The number of nitrogens with two attached hydrogens (primary N) is 1. The summed E-state index contributed by atoms with van der Waals surface area (Å²) in [5, 5.41) is 0. The van der Waals surface area contributed by atoms with Crippen molar-refractivity contribution in [2.45, 2.75) is 11.0 Å². The van der Waals surface area contributed by atoms with E-state index in [2.05, 4.69) is 4.72 Å². The minimum atomic E-state index is -4.16. The van der Waals surface area contributed by atoms with Crippen LogP contribution in [0.5, 0.6) is 0 Å². The van der Waals surface area contributed by atoms with E-state index in [0.717, 1.165) is 12.1 Å². The quantitative estimate of drug-likeness (QED) is 0.715. The molecule has 0 saturated heterocycles. The second-order valence-corrected chi connectivity index (χ2v) is 5.67. The Balaban J connectivity index is 2.92. The van der Waals surface area contributed by atoms with Crippen LogP contribution in [0.25, 0.3) is 0 Å². The van der Waals surface area contributed by atoms with Gasteiger partial charge in [0.25, 0.3) is 0 Å². The van der Waals surface area contributed by atoms with Crippen molar-refractivity contribution in [2.75, 3.05) is 33.1 Å². The van der Waals surface area contributed by atoms with Crippen LogP contribution in [0.2, 0.25) is 0 Å². The molecule has 1 aromatic carbocycles. The molecule has 114 valence electrons. The first-order valence-electron chi connectivity index (χ1n) is 5.58. The van der Waals surface area contributed by atoms with Gasteiger partial charge in [-0.25, -0.2) is 21.9 Å². The average molecular weight is 310 g/mol. The van der Waals surface area contributed by atoms with E-state index in [1.165, 1.54) is 14.2 Å². The number of nitrogen functional groups attached to an aromatic ring is 1. The molecular weight excluding hydrogens is 294 g/mol. The molecule has 0 aliphatic heterocycles. The molecule has 0 spiro atoms. The zero-order valence-electron chi connectivity index (χ0n) is 11.0. The predicted octanol–water partition coefficient (Wildman–Crippen LogP) is 0.487. The maximum absolute atomic E-state index is 13.7. The molecule has 0 aliphatic carbocycles. The molecule has 6 nitrogen and oxygen atoms in total. The summed E-state index contributed by atoms with van der Waals surface area (Å²) in [5.41, 5.74) is 4.28. The van der Waals surface area contributed by atoms with Crippen molar-refractivity contribution in [2.24, 2.45) is 0 Å². The van der Waals surface area contributed by atoms with Crippen LogP contribution >= 0.6 is 0 Å². The Morgan fingerprint density at radius 3 is 2.55 bits per heavy atom. The lowest BCUT2D eigenvalue weighted by Gasteiger charge is -2.15. The molecule has 0 amide bonds. The zero-order chi connectivity index (χ0) is 15.3. The summed E-state index contributed by atoms with van der Waals surface area (Å²) < 4.78 is 62.4. The minimum absolute atomic E-state index is 0.122. The normalized spacial score (nSPS) is 13.4. The first-order chi connectivity index (χ1) is 9.33. The molecule has 0 radical (unpaired) electrons. The minimum Gasteiger partial charge on any atom is -0.394 e. The third kappa shape index (κ3) is 3.85. The summed E-state index contributed by atoms with van der Waals surface area (Å²) in [6.45, 7) is 0.0381. The number of hydrogen-bond acceptors (Lipinski definition) is 5. The predicted molar refractivity (Wildman–Crippen MR) is 68.6 cm³/mol. The van der Waals surface area contributed by atoms with Gasteiger partial charge < -0.3 is 15.2 Å². The van der Waals surface area contributed by atoms with Gasteiger partial charge in [-0.1, -0.05) is 0 Å². The van der Waals surface area contributed by atoms with E-state index in [9.17, 15) is 17.2 Å². The van der Waals surface area contributed by atoms with Gasteiger partial charge in [-0.2, -0.15) is 0 Å². The highest BCUT2D eigenvalue weighted by Crippen LogP contribution is 2.22. The lowest BCUT2D eigenvalue weighted by molar-refractivity contribution is 0.0320. The van der Waals surface area contributed by atoms with Crippen LogP contribution < -0.4 is 10.5 Å². The lowest BCUT2D eigenvalue weighted by atomic mass is 10.3. The van der Waals surface area contributed by atoms with Crippen LogP contribution in [0.1, 0.15) is 0 Å². The van der Waals surface area contributed by atoms with Crippen molar-refractivity contribution < 1.29 is 26.7 Å². The van der Waals surface area contributed by atoms with E-state index < -0.39 is 38.3 Å². The number of halogens is 2. The van der Waals surface area contributed by atoms with Gasteiger partial charge in [0.1, 0.15) is 16.4 Å². The summed E-state index contributed by atoms with van der Waals surface area (Å²) in [4.78, 5) is -0.719. The van der Waals surface area contributed by atoms with Crippen molar-refractivity contribution in [3.63, 3.8) is 0 Å². The largest absolute Gasteiger partial charge is 0.394 e. The number of methoxy groups -OCH3 is 2. The van der Waals surface area contributed by atoms with E-state index in [-0.39, 0.29) is 13.2 Å². The monoisotopic (exact) mass is 310 g/mol. The Bertz CT molecular complexity index is 566. The maximum atomic E-state index is 13.7. The lowest BCUT2D eigenvalue weighted by Crippen LogP contribution is -2.36. The summed E-state index contributed by atoms with van der Waals surface area (Å²) in [5.74, 6) is -2.34. The third-order valence-corrected chi connectivity index (χ3v) is 4.01. The molecule has 1 atom stereocenters. The summed E-state index contributed by atoms with van der Waals surface area (Å²) in [7, 11) is -1.35. The first-order valence-corrected chi connectivity index (χ1v) is 7.06. The van der Waals surface area contributed by atoms with Gasteiger partial charge in [0.15, 0.2) is 5.82 Å². The van der Waals surface area contributed by atoms with Crippen LogP contribution in [-0.4, -0.2) is 41.9 Å². The highest BCUT2D eigenvalue weighted by Gasteiger charge is 2.23. The average Bonchev–Trinajstić information content (AvgIpc) is 2.40. The SMILES string of the molecule is COCC(CNS(=O)(=O)c1ccc(F)c(N)c1F)OC. The molecule has 0 heterocycles. The Labute approximate surface area is 115 Å². The maximum Gasteiger partial charge on any atom is 0.243 e. The second kappa shape index (κ2) is 6.93. The van der Waals surface area contributed by atoms with Crippen molar-refractivity contribution in [1.82, 2.24) is 4.72 Å². The fourth-order valence-electron chi connectivity index (χ4n) is 1.43. The number of ether oxygens (including phenoxy) is 2. The Morgan fingerprint density at radius 2 is 2.00 bits per heavy atom. The van der Waals surface area contributed by atoms with Crippen LogP contribution in [0, 0.1) is 11.6 Å². The number of nitrogens with one attached hydrogen (secondary N) is 1. The van der Waals surface area contributed by atoms with E-state index in [1.807, 2.05) is 0 Å². The number of benzene rings is 1. The van der Waals surface area contributed by atoms with Gasteiger partial charge in [-0.3, -0.25) is 0 Å². The smallest absolute Gasteiger partial charge is 0.243 e. The van der Waals surface area contributed by atoms with Gasteiger partial charge in [-0.15, -0.1) is 0 Å². The van der Waals surface area contributed by atoms with E-state index >= 15 is 0 Å². The fraction of sp³-hybridized carbons (Fsp3) is 0.455. The van der Waals surface area contributed by atoms with Crippen LogP contribution in [-0.2, 0) is 19.5 Å². The highest BCUT2D eigenvalue weighted by molar-refractivity contribution is 7.89. The molecule has 0 fully saturated rings. The summed E-state index contributed by atoms with van der Waals surface area (Å²) in [6.07, 6.45) is -0.532. The van der Waals surface area contributed by atoms with Gasteiger partial charge in [0.05, 0.1) is 12.7 Å². The Morgan fingerprint density at radius 1 is 1.35 bits per heavy atom. The molecule has 1 rings (SSSR count). The topological polar surface area (TPSA) is 90.7 Å². The number of sulfonamides is 1. The molecule has 0 saturated carbocycles. The molecule has 0 bridgehead atoms. The van der Waals surface area contributed by atoms with Crippen LogP contribution in [0.4, 0.5) is 14.5 Å². The van der Waals surface area contributed by atoms with E-state index in [1.54, 1.807) is 0 Å². The van der Waals surface area contributed by atoms with E-state index in [0.29, 0.717) is 0 Å². The Hall–Kier alpha value is -1.29. The molecule has 1 aromatic rings. The van der Waals surface area contributed by atoms with Gasteiger partial charge in [0.2, 0.25) is 10.0 Å².